The average molecular weight is 415 g/mol. The fourth-order valence-corrected chi connectivity index (χ4v) is 2.91. The first kappa shape index (κ1) is 16.3. The van der Waals surface area contributed by atoms with Crippen LogP contribution in [0.25, 0.3) is 6.08 Å². The van der Waals surface area contributed by atoms with E-state index < -0.39 is 17.8 Å². The summed E-state index contributed by atoms with van der Waals surface area (Å²) < 4.78 is 11.4. The van der Waals surface area contributed by atoms with Crippen LogP contribution in [-0.2, 0) is 9.59 Å². The van der Waals surface area contributed by atoms with Crippen LogP contribution in [0.15, 0.2) is 52.5 Å². The summed E-state index contributed by atoms with van der Waals surface area (Å²) in [5, 5.41) is 2.19. The Morgan fingerprint density at radius 2 is 1.73 bits per heavy atom. The second kappa shape index (κ2) is 6.30. The third-order valence-corrected chi connectivity index (χ3v) is 4.43. The van der Waals surface area contributed by atoms with Gasteiger partial charge in [-0.05, 0) is 35.9 Å². The molecule has 1 saturated heterocycles. The van der Waals surface area contributed by atoms with Gasteiger partial charge in [-0.3, -0.25) is 14.9 Å². The predicted molar refractivity (Wildman–Crippen MR) is 95.7 cm³/mol. The smallest absolute Gasteiger partial charge is 0.335 e. The number of halogens is 1. The highest BCUT2D eigenvalue weighted by atomic mass is 79.9. The van der Waals surface area contributed by atoms with Crippen molar-refractivity contribution >= 4 is 45.5 Å². The molecule has 1 fully saturated rings. The number of rotatable bonds is 2. The van der Waals surface area contributed by atoms with E-state index in [-0.39, 0.29) is 18.1 Å². The molecule has 0 spiro atoms. The normalized spacial score (nSPS) is 17.7. The fraction of sp³-hybridized carbons (Fsp3) is 0.0556. The number of urea groups is 1. The second-order valence-corrected chi connectivity index (χ2v) is 6.46. The Kier molecular flexibility index (Phi) is 3.96. The average Bonchev–Trinajstić information content (AvgIpc) is 3.08. The summed E-state index contributed by atoms with van der Waals surface area (Å²) in [4.78, 5) is 38.1. The number of hydrogen-bond donors (Lipinski definition) is 1. The maximum absolute atomic E-state index is 12.8. The zero-order valence-corrected chi connectivity index (χ0v) is 14.8. The Morgan fingerprint density at radius 1 is 1.00 bits per heavy atom. The van der Waals surface area contributed by atoms with Crippen molar-refractivity contribution in [2.45, 2.75) is 0 Å². The van der Waals surface area contributed by atoms with Crippen molar-refractivity contribution in [3.63, 3.8) is 0 Å². The first-order chi connectivity index (χ1) is 12.5. The van der Waals surface area contributed by atoms with Crippen molar-refractivity contribution < 1.29 is 23.9 Å². The lowest BCUT2D eigenvalue weighted by molar-refractivity contribution is -0.122. The number of barbiturate groups is 1. The molecule has 26 heavy (non-hydrogen) atoms. The molecule has 130 valence electrons. The summed E-state index contributed by atoms with van der Waals surface area (Å²) in [6.45, 7) is 0.0755. The second-order valence-electron chi connectivity index (χ2n) is 5.55. The lowest BCUT2D eigenvalue weighted by Gasteiger charge is -2.26. The van der Waals surface area contributed by atoms with Crippen molar-refractivity contribution in [1.82, 2.24) is 5.32 Å². The molecule has 0 aromatic heterocycles. The molecular formula is C18H11BrN2O5. The van der Waals surface area contributed by atoms with Crippen LogP contribution in [0.5, 0.6) is 11.5 Å². The highest BCUT2D eigenvalue weighted by molar-refractivity contribution is 9.10. The number of benzene rings is 2. The monoisotopic (exact) mass is 414 g/mol. The molecule has 0 radical (unpaired) electrons. The van der Waals surface area contributed by atoms with Gasteiger partial charge in [-0.2, -0.15) is 0 Å². The summed E-state index contributed by atoms with van der Waals surface area (Å²) in [6, 6.07) is 10.9. The Labute approximate surface area is 156 Å². The highest BCUT2D eigenvalue weighted by Crippen LogP contribution is 2.36. The molecule has 0 atom stereocenters. The number of imide groups is 2. The maximum atomic E-state index is 12.8. The molecule has 2 aliphatic rings. The van der Waals surface area contributed by atoms with Crippen LogP contribution in [0.3, 0.4) is 0 Å². The van der Waals surface area contributed by atoms with E-state index in [4.69, 9.17) is 9.47 Å². The van der Waals surface area contributed by atoms with Crippen LogP contribution < -0.4 is 19.7 Å². The van der Waals surface area contributed by atoms with Gasteiger partial charge in [0, 0.05) is 10.5 Å². The number of carbonyl (C=O) groups excluding carboxylic acids is 3. The number of nitrogens with one attached hydrogen (secondary N) is 1. The van der Waals surface area contributed by atoms with Gasteiger partial charge < -0.3 is 9.47 Å². The minimum atomic E-state index is -0.813. The van der Waals surface area contributed by atoms with Crippen LogP contribution >= 0.6 is 15.9 Å². The molecule has 4 rings (SSSR count). The molecule has 0 aliphatic carbocycles. The van der Waals surface area contributed by atoms with Crippen LogP contribution in [0.1, 0.15) is 5.56 Å². The van der Waals surface area contributed by atoms with Gasteiger partial charge in [0.25, 0.3) is 11.8 Å². The molecular weight excluding hydrogens is 404 g/mol. The van der Waals surface area contributed by atoms with Gasteiger partial charge in [-0.15, -0.1) is 0 Å². The zero-order valence-electron chi connectivity index (χ0n) is 13.2. The quantitative estimate of drug-likeness (QED) is 0.603. The fourth-order valence-electron chi connectivity index (χ4n) is 2.64. The lowest BCUT2D eigenvalue weighted by Crippen LogP contribution is -2.54. The summed E-state index contributed by atoms with van der Waals surface area (Å²) in [7, 11) is 0. The number of ether oxygens (including phenoxy) is 2. The molecule has 2 aromatic rings. The largest absolute Gasteiger partial charge is 0.454 e. The Hall–Kier alpha value is -3.13. The van der Waals surface area contributed by atoms with Crippen LogP contribution in [0.2, 0.25) is 0 Å². The van der Waals surface area contributed by atoms with Gasteiger partial charge in [-0.1, -0.05) is 28.1 Å². The Morgan fingerprint density at radius 3 is 2.50 bits per heavy atom. The molecule has 2 aliphatic heterocycles. The maximum Gasteiger partial charge on any atom is 0.335 e. The number of hydrogen-bond acceptors (Lipinski definition) is 5. The zero-order chi connectivity index (χ0) is 18.3. The number of carbonyl (C=O) groups is 3. The van der Waals surface area contributed by atoms with Crippen molar-refractivity contribution in [3.8, 4) is 11.5 Å². The molecule has 4 amide bonds. The summed E-state index contributed by atoms with van der Waals surface area (Å²) in [6.07, 6.45) is 1.44. The Bertz CT molecular complexity index is 968. The van der Waals surface area contributed by atoms with Crippen LogP contribution in [0, 0.1) is 0 Å². The topological polar surface area (TPSA) is 84.9 Å². The molecule has 0 unspecified atom stereocenters. The third kappa shape index (κ3) is 2.84. The first-order valence-corrected chi connectivity index (χ1v) is 8.39. The van der Waals surface area contributed by atoms with Crippen LogP contribution in [0.4, 0.5) is 10.5 Å². The van der Waals surface area contributed by atoms with E-state index in [9.17, 15) is 14.4 Å². The van der Waals surface area contributed by atoms with E-state index >= 15 is 0 Å². The molecule has 0 saturated carbocycles. The molecule has 2 aromatic carbocycles. The van der Waals surface area contributed by atoms with E-state index in [1.807, 2.05) is 0 Å². The third-order valence-electron chi connectivity index (χ3n) is 3.90. The van der Waals surface area contributed by atoms with E-state index in [1.54, 1.807) is 36.4 Å². The summed E-state index contributed by atoms with van der Waals surface area (Å²) in [5.41, 5.74) is 0.808. The molecule has 7 nitrogen and oxygen atoms in total. The molecule has 2 heterocycles. The summed E-state index contributed by atoms with van der Waals surface area (Å²) in [5.74, 6) is -0.487. The molecule has 8 heteroatoms. The van der Waals surface area contributed by atoms with Crippen molar-refractivity contribution in [1.29, 1.82) is 0 Å². The number of anilines is 1. The van der Waals surface area contributed by atoms with E-state index in [2.05, 4.69) is 21.2 Å². The van der Waals surface area contributed by atoms with Gasteiger partial charge in [0.1, 0.15) is 5.57 Å². The Balaban J connectivity index is 1.71. The van der Waals surface area contributed by atoms with E-state index in [0.717, 1.165) is 9.37 Å². The lowest BCUT2D eigenvalue weighted by atomic mass is 10.1. The minimum Gasteiger partial charge on any atom is -0.454 e. The van der Waals surface area contributed by atoms with Crippen LogP contribution in [-0.4, -0.2) is 24.6 Å². The van der Waals surface area contributed by atoms with Gasteiger partial charge in [0.2, 0.25) is 6.79 Å². The highest BCUT2D eigenvalue weighted by Gasteiger charge is 2.37. The van der Waals surface area contributed by atoms with Gasteiger partial charge in [0.05, 0.1) is 5.69 Å². The van der Waals surface area contributed by atoms with E-state index in [1.165, 1.54) is 12.1 Å². The van der Waals surface area contributed by atoms with Gasteiger partial charge in [-0.25, -0.2) is 9.69 Å². The van der Waals surface area contributed by atoms with E-state index in [0.29, 0.717) is 17.1 Å². The van der Waals surface area contributed by atoms with Gasteiger partial charge >= 0.3 is 6.03 Å². The van der Waals surface area contributed by atoms with Crippen molar-refractivity contribution in [2.24, 2.45) is 0 Å². The molecule has 1 N–H and O–H groups in total. The molecule has 0 bridgehead atoms. The van der Waals surface area contributed by atoms with Crippen molar-refractivity contribution in [3.05, 3.63) is 58.1 Å². The predicted octanol–water partition coefficient (Wildman–Crippen LogP) is 2.84. The number of amides is 4. The minimum absolute atomic E-state index is 0.0755. The first-order valence-electron chi connectivity index (χ1n) is 7.59. The SMILES string of the molecule is O=C1NC(=O)N(c2ccc3c(c2)OCO3)C(=O)/C1=C/c1ccc(Br)cc1. The van der Waals surface area contributed by atoms with Crippen molar-refractivity contribution in [2.75, 3.05) is 11.7 Å². The van der Waals surface area contributed by atoms with Gasteiger partial charge in [0.15, 0.2) is 11.5 Å². The number of fused-ring (bicyclic) bond motifs is 1. The standard InChI is InChI=1S/C18H11BrN2O5/c19-11-3-1-10(2-4-11)7-13-16(22)20-18(24)21(17(13)23)12-5-6-14-15(8-12)26-9-25-14/h1-8H,9H2,(H,20,22,24)/b13-7+. The summed E-state index contributed by atoms with van der Waals surface area (Å²) >= 11 is 3.32. The number of nitrogens with zero attached hydrogens (tertiary/aromatic N) is 1.